The fourth-order valence-electron chi connectivity index (χ4n) is 8.30. The van der Waals surface area contributed by atoms with Crippen molar-refractivity contribution in [3.05, 3.63) is 206 Å². The van der Waals surface area contributed by atoms with Crippen LogP contribution in [0.5, 0.6) is 0 Å². The zero-order chi connectivity index (χ0) is 37.0. The molecule has 0 saturated carbocycles. The summed E-state index contributed by atoms with van der Waals surface area (Å²) < 4.78 is 4.84. The summed E-state index contributed by atoms with van der Waals surface area (Å²) in [5, 5.41) is 4.78. The molecular formula is C52H34N4. The zero-order valence-electron chi connectivity index (χ0n) is 30.4. The minimum absolute atomic E-state index is 0.937. The molecule has 0 N–H and O–H groups in total. The van der Waals surface area contributed by atoms with Gasteiger partial charge in [-0.05, 0) is 48.5 Å². The van der Waals surface area contributed by atoms with Gasteiger partial charge in [0.1, 0.15) is 0 Å². The second-order valence-corrected chi connectivity index (χ2v) is 14.2. The summed E-state index contributed by atoms with van der Waals surface area (Å²) in [7, 11) is 0. The molecule has 0 aliphatic carbocycles. The highest BCUT2D eigenvalue weighted by molar-refractivity contribution is 6.19. The Labute approximate surface area is 324 Å². The Bertz CT molecular complexity index is 2880. The van der Waals surface area contributed by atoms with E-state index in [2.05, 4.69) is 215 Å². The molecule has 11 aromatic rings. The summed E-state index contributed by atoms with van der Waals surface area (Å²) in [6.45, 7) is 0. The lowest BCUT2D eigenvalue weighted by atomic mass is 10.1. The van der Waals surface area contributed by atoms with Crippen LogP contribution in [0.25, 0.3) is 100 Å². The van der Waals surface area contributed by atoms with Gasteiger partial charge in [-0.15, -0.1) is 0 Å². The van der Waals surface area contributed by atoms with Crippen LogP contribution in [0, 0.1) is 0 Å². The summed E-state index contributed by atoms with van der Waals surface area (Å²) in [6, 6.07) is 73.1. The minimum atomic E-state index is 0.937. The second kappa shape index (κ2) is 13.1. The summed E-state index contributed by atoms with van der Waals surface area (Å²) in [6.07, 6.45) is 0. The third-order valence-corrected chi connectivity index (χ3v) is 10.9. The largest absolute Gasteiger partial charge is 0.309 e. The molecule has 0 amide bonds. The first-order valence-electron chi connectivity index (χ1n) is 19.0. The monoisotopic (exact) mass is 714 g/mol. The average Bonchev–Trinajstić information content (AvgIpc) is 3.78. The van der Waals surface area contributed by atoms with E-state index in [1.54, 1.807) is 0 Å². The summed E-state index contributed by atoms with van der Waals surface area (Å²) in [5.41, 5.74) is 14.8. The van der Waals surface area contributed by atoms with Crippen LogP contribution in [0.3, 0.4) is 0 Å². The fourth-order valence-corrected chi connectivity index (χ4v) is 8.30. The van der Waals surface area contributed by atoms with Crippen molar-refractivity contribution in [2.75, 3.05) is 0 Å². The van der Waals surface area contributed by atoms with Crippen LogP contribution in [0.4, 0.5) is 0 Å². The predicted octanol–water partition coefficient (Wildman–Crippen LogP) is 13.3. The Morgan fingerprint density at radius 1 is 0.250 bits per heavy atom. The lowest BCUT2D eigenvalue weighted by Gasteiger charge is -2.14. The van der Waals surface area contributed by atoms with Gasteiger partial charge >= 0.3 is 0 Å². The van der Waals surface area contributed by atoms with Gasteiger partial charge in [0.25, 0.3) is 0 Å². The smallest absolute Gasteiger partial charge is 0.0730 e. The Kier molecular flexibility index (Phi) is 7.46. The molecule has 0 aliphatic heterocycles. The standard InChI is InChI=1S/C52H34N4/c1-5-17-35(18-6-1)45-29-39(30-46(53-45)36-19-7-2-8-20-36)55-49-27-15-13-25-41(49)43-34-52-44(33-51(43)55)42-26-14-16-28-50(42)56(52)40-31-47(37-21-9-3-10-22-37)54-48(32-40)38-23-11-4-12-24-38/h1-34H. The summed E-state index contributed by atoms with van der Waals surface area (Å²) in [4.78, 5) is 10.4. The summed E-state index contributed by atoms with van der Waals surface area (Å²) >= 11 is 0. The van der Waals surface area contributed by atoms with E-state index in [-0.39, 0.29) is 0 Å². The molecule has 4 heteroatoms. The topological polar surface area (TPSA) is 35.6 Å². The Balaban J connectivity index is 1.21. The van der Waals surface area contributed by atoms with Crippen molar-refractivity contribution in [2.45, 2.75) is 0 Å². The molecule has 262 valence electrons. The first-order chi connectivity index (χ1) is 27.8. The molecular weight excluding hydrogens is 681 g/mol. The average molecular weight is 715 g/mol. The normalized spacial score (nSPS) is 11.6. The molecule has 4 heterocycles. The third kappa shape index (κ3) is 5.31. The van der Waals surface area contributed by atoms with Gasteiger partial charge in [0.2, 0.25) is 0 Å². The minimum Gasteiger partial charge on any atom is -0.309 e. The number of para-hydroxylation sites is 2. The number of nitrogens with zero attached hydrogens (tertiary/aromatic N) is 4. The van der Waals surface area contributed by atoms with Gasteiger partial charge < -0.3 is 9.13 Å². The number of pyridine rings is 2. The first-order valence-corrected chi connectivity index (χ1v) is 19.0. The molecule has 0 fully saturated rings. The van der Waals surface area contributed by atoms with Gasteiger partial charge in [0, 0.05) is 43.8 Å². The van der Waals surface area contributed by atoms with Crippen molar-refractivity contribution < 1.29 is 0 Å². The Morgan fingerprint density at radius 2 is 0.536 bits per heavy atom. The number of hydrogen-bond donors (Lipinski definition) is 0. The number of fused-ring (bicyclic) bond motifs is 6. The second-order valence-electron chi connectivity index (χ2n) is 14.2. The molecule has 11 rings (SSSR count). The summed E-state index contributed by atoms with van der Waals surface area (Å²) in [5.74, 6) is 0. The molecule has 56 heavy (non-hydrogen) atoms. The van der Waals surface area contributed by atoms with E-state index in [0.29, 0.717) is 0 Å². The number of aromatic nitrogens is 4. The molecule has 0 aliphatic rings. The van der Waals surface area contributed by atoms with E-state index < -0.39 is 0 Å². The van der Waals surface area contributed by atoms with Crippen LogP contribution in [0.15, 0.2) is 206 Å². The molecule has 0 unspecified atom stereocenters. The highest BCUT2D eigenvalue weighted by Gasteiger charge is 2.20. The van der Waals surface area contributed by atoms with Crippen molar-refractivity contribution in [1.82, 2.24) is 19.1 Å². The van der Waals surface area contributed by atoms with Crippen molar-refractivity contribution in [1.29, 1.82) is 0 Å². The molecule has 0 saturated heterocycles. The van der Waals surface area contributed by atoms with Crippen LogP contribution in [-0.4, -0.2) is 19.1 Å². The highest BCUT2D eigenvalue weighted by Crippen LogP contribution is 2.41. The molecule has 4 aromatic heterocycles. The van der Waals surface area contributed by atoms with E-state index >= 15 is 0 Å². The molecule has 7 aromatic carbocycles. The maximum Gasteiger partial charge on any atom is 0.0730 e. The lowest BCUT2D eigenvalue weighted by molar-refractivity contribution is 1.15. The Hall–Kier alpha value is -7.56. The maximum absolute atomic E-state index is 5.21. The molecule has 0 atom stereocenters. The third-order valence-electron chi connectivity index (χ3n) is 10.9. The SMILES string of the molecule is c1ccc(-c2cc(-n3c4ccccc4c4cc5c(cc43)c3ccccc3n5-c3cc(-c4ccccc4)nc(-c4ccccc4)c3)cc(-c3ccccc3)n2)cc1. The van der Waals surface area contributed by atoms with Gasteiger partial charge in [-0.2, -0.15) is 0 Å². The number of rotatable bonds is 6. The van der Waals surface area contributed by atoms with Gasteiger partial charge in [-0.1, -0.05) is 158 Å². The quantitative estimate of drug-likeness (QED) is 0.172. The Morgan fingerprint density at radius 3 is 0.857 bits per heavy atom. The van der Waals surface area contributed by atoms with Crippen LogP contribution in [0.1, 0.15) is 0 Å². The van der Waals surface area contributed by atoms with Gasteiger partial charge in [-0.25, -0.2) is 9.97 Å². The van der Waals surface area contributed by atoms with Crippen LogP contribution < -0.4 is 0 Å². The first kappa shape index (κ1) is 31.9. The van der Waals surface area contributed by atoms with E-state index in [0.717, 1.165) is 78.5 Å². The fraction of sp³-hybridized carbons (Fsp3) is 0. The number of hydrogen-bond acceptors (Lipinski definition) is 2. The molecule has 0 radical (unpaired) electrons. The molecule has 0 spiro atoms. The molecule has 0 bridgehead atoms. The van der Waals surface area contributed by atoms with E-state index in [9.17, 15) is 0 Å². The van der Waals surface area contributed by atoms with E-state index in [1.807, 2.05) is 0 Å². The van der Waals surface area contributed by atoms with Crippen molar-refractivity contribution >= 4 is 43.6 Å². The van der Waals surface area contributed by atoms with E-state index in [4.69, 9.17) is 9.97 Å². The van der Waals surface area contributed by atoms with Gasteiger partial charge in [0.05, 0.1) is 56.2 Å². The van der Waals surface area contributed by atoms with Crippen molar-refractivity contribution in [3.63, 3.8) is 0 Å². The van der Waals surface area contributed by atoms with Gasteiger partial charge in [-0.3, -0.25) is 0 Å². The molecule has 4 nitrogen and oxygen atoms in total. The van der Waals surface area contributed by atoms with Crippen LogP contribution in [-0.2, 0) is 0 Å². The van der Waals surface area contributed by atoms with Gasteiger partial charge in [0.15, 0.2) is 0 Å². The van der Waals surface area contributed by atoms with E-state index in [1.165, 1.54) is 21.5 Å². The predicted molar refractivity (Wildman–Crippen MR) is 232 cm³/mol. The number of benzene rings is 7. The van der Waals surface area contributed by atoms with Crippen LogP contribution in [0.2, 0.25) is 0 Å². The van der Waals surface area contributed by atoms with Crippen LogP contribution >= 0.6 is 0 Å². The van der Waals surface area contributed by atoms with Crippen molar-refractivity contribution in [2.24, 2.45) is 0 Å². The maximum atomic E-state index is 5.21. The van der Waals surface area contributed by atoms with Crippen molar-refractivity contribution in [3.8, 4) is 56.4 Å². The zero-order valence-corrected chi connectivity index (χ0v) is 30.4. The lowest BCUT2D eigenvalue weighted by Crippen LogP contribution is -1.99. The highest BCUT2D eigenvalue weighted by atomic mass is 15.0.